The number of aromatic nitrogens is 1. The van der Waals surface area contributed by atoms with Gasteiger partial charge in [-0.2, -0.15) is 13.2 Å². The SMILES string of the molecule is Cc1cc(=O)[nH]c2ccc(F)c(C(F)(F)F)c12. The standard InChI is InChI=1S/C11H7F4NO/c1-5-4-8(17)16-7-3-2-6(12)10(9(5)7)11(13,14)15/h2-4H,1H3,(H,16,17). The van der Waals surface area contributed by atoms with Crippen molar-refractivity contribution in [3.05, 3.63) is 45.5 Å². The Balaban J connectivity index is 3.01. The minimum Gasteiger partial charge on any atom is -0.322 e. The molecule has 0 fully saturated rings. The maximum Gasteiger partial charge on any atom is 0.419 e. The zero-order valence-electron chi connectivity index (χ0n) is 8.65. The van der Waals surface area contributed by atoms with Gasteiger partial charge in [0.05, 0.1) is 0 Å². The second-order valence-corrected chi connectivity index (χ2v) is 3.66. The Morgan fingerprint density at radius 1 is 1.24 bits per heavy atom. The summed E-state index contributed by atoms with van der Waals surface area (Å²) in [5, 5.41) is -0.308. The van der Waals surface area contributed by atoms with Crippen molar-refractivity contribution in [2.75, 3.05) is 0 Å². The number of hydrogen-bond donors (Lipinski definition) is 1. The predicted octanol–water partition coefficient (Wildman–Crippen LogP) is 2.99. The van der Waals surface area contributed by atoms with E-state index in [1.807, 2.05) is 0 Å². The summed E-state index contributed by atoms with van der Waals surface area (Å²) in [5.74, 6) is -1.35. The first-order chi connectivity index (χ1) is 7.80. The number of halogens is 4. The fourth-order valence-electron chi connectivity index (χ4n) is 1.81. The predicted molar refractivity (Wildman–Crippen MR) is 54.3 cm³/mol. The van der Waals surface area contributed by atoms with Crippen molar-refractivity contribution in [1.82, 2.24) is 4.98 Å². The number of aryl methyl sites for hydroxylation is 1. The van der Waals surface area contributed by atoms with Gasteiger partial charge in [-0.05, 0) is 24.6 Å². The van der Waals surface area contributed by atoms with Crippen LogP contribution in [0.5, 0.6) is 0 Å². The third kappa shape index (κ3) is 1.90. The third-order valence-electron chi connectivity index (χ3n) is 2.44. The zero-order valence-corrected chi connectivity index (χ0v) is 8.65. The van der Waals surface area contributed by atoms with Crippen molar-refractivity contribution in [3.63, 3.8) is 0 Å². The van der Waals surface area contributed by atoms with Crippen molar-refractivity contribution >= 4 is 10.9 Å². The molecule has 1 aromatic carbocycles. The highest BCUT2D eigenvalue weighted by Gasteiger charge is 2.36. The molecule has 1 aromatic heterocycles. The molecular weight excluding hydrogens is 238 g/mol. The van der Waals surface area contributed by atoms with E-state index < -0.39 is 23.1 Å². The fraction of sp³-hybridized carbons (Fsp3) is 0.182. The molecule has 0 aliphatic heterocycles. The molecule has 2 aromatic rings. The minimum absolute atomic E-state index is 0.0243. The summed E-state index contributed by atoms with van der Waals surface area (Å²) in [6, 6.07) is 2.83. The van der Waals surface area contributed by atoms with Crippen molar-refractivity contribution < 1.29 is 17.6 Å². The van der Waals surface area contributed by atoms with E-state index in [0.717, 1.165) is 12.1 Å². The topological polar surface area (TPSA) is 32.9 Å². The molecule has 0 aliphatic carbocycles. The molecule has 2 nitrogen and oxygen atoms in total. The molecule has 6 heteroatoms. The van der Waals surface area contributed by atoms with Crippen molar-refractivity contribution in [3.8, 4) is 0 Å². The van der Waals surface area contributed by atoms with E-state index in [-0.39, 0.29) is 16.5 Å². The number of H-pyrrole nitrogens is 1. The van der Waals surface area contributed by atoms with Gasteiger partial charge in [-0.25, -0.2) is 4.39 Å². The second kappa shape index (κ2) is 3.58. The first-order valence-corrected chi connectivity index (χ1v) is 4.70. The van der Waals surface area contributed by atoms with Gasteiger partial charge in [0.15, 0.2) is 0 Å². The van der Waals surface area contributed by atoms with Gasteiger partial charge in [-0.3, -0.25) is 4.79 Å². The molecule has 0 unspecified atom stereocenters. The molecule has 0 amide bonds. The lowest BCUT2D eigenvalue weighted by Gasteiger charge is -2.12. The number of alkyl halides is 3. The molecule has 0 atom stereocenters. The Labute approximate surface area is 92.9 Å². The van der Waals surface area contributed by atoms with Crippen LogP contribution in [0.4, 0.5) is 17.6 Å². The monoisotopic (exact) mass is 245 g/mol. The Hall–Kier alpha value is -1.85. The van der Waals surface area contributed by atoms with Gasteiger partial charge in [-0.1, -0.05) is 0 Å². The van der Waals surface area contributed by atoms with Crippen LogP contribution < -0.4 is 5.56 Å². The Kier molecular flexibility index (Phi) is 2.45. The van der Waals surface area contributed by atoms with E-state index in [1.54, 1.807) is 0 Å². The molecule has 1 N–H and O–H groups in total. The number of nitrogens with one attached hydrogen (secondary N) is 1. The van der Waals surface area contributed by atoms with Gasteiger partial charge in [-0.15, -0.1) is 0 Å². The molecule has 2 rings (SSSR count). The highest BCUT2D eigenvalue weighted by atomic mass is 19.4. The van der Waals surface area contributed by atoms with Crippen LogP contribution in [0.1, 0.15) is 11.1 Å². The Morgan fingerprint density at radius 3 is 2.47 bits per heavy atom. The van der Waals surface area contributed by atoms with Crippen molar-refractivity contribution in [2.45, 2.75) is 13.1 Å². The van der Waals surface area contributed by atoms with Crippen molar-refractivity contribution in [2.24, 2.45) is 0 Å². The highest BCUT2D eigenvalue weighted by Crippen LogP contribution is 2.37. The summed E-state index contributed by atoms with van der Waals surface area (Å²) in [5.41, 5.74) is -1.79. The van der Waals surface area contributed by atoms with Gasteiger partial charge in [0.25, 0.3) is 0 Å². The summed E-state index contributed by atoms with van der Waals surface area (Å²) in [7, 11) is 0. The third-order valence-corrected chi connectivity index (χ3v) is 2.44. The Morgan fingerprint density at radius 2 is 1.88 bits per heavy atom. The van der Waals surface area contributed by atoms with Crippen LogP contribution >= 0.6 is 0 Å². The molecule has 0 spiro atoms. The fourth-order valence-corrected chi connectivity index (χ4v) is 1.81. The van der Waals surface area contributed by atoms with Crippen LogP contribution in [-0.4, -0.2) is 4.98 Å². The molecule has 0 aliphatic rings. The molecule has 1 heterocycles. The number of rotatable bonds is 0. The molecule has 0 bridgehead atoms. The number of fused-ring (bicyclic) bond motifs is 1. The molecule has 90 valence electrons. The van der Waals surface area contributed by atoms with E-state index in [4.69, 9.17) is 0 Å². The number of benzene rings is 1. The summed E-state index contributed by atoms with van der Waals surface area (Å²) in [6.45, 7) is 1.34. The molecular formula is C11H7F4NO. The molecule has 0 radical (unpaired) electrons. The summed E-state index contributed by atoms with van der Waals surface area (Å²) >= 11 is 0. The molecule has 17 heavy (non-hydrogen) atoms. The summed E-state index contributed by atoms with van der Waals surface area (Å²) < 4.78 is 51.5. The van der Waals surface area contributed by atoms with Crippen LogP contribution in [-0.2, 0) is 6.18 Å². The maximum atomic E-state index is 13.3. The number of aromatic amines is 1. The van der Waals surface area contributed by atoms with Crippen LogP contribution in [0, 0.1) is 12.7 Å². The normalized spacial score (nSPS) is 12.1. The first-order valence-electron chi connectivity index (χ1n) is 4.70. The number of pyridine rings is 1. The van der Waals surface area contributed by atoms with E-state index in [9.17, 15) is 22.4 Å². The van der Waals surface area contributed by atoms with Gasteiger partial charge in [0.1, 0.15) is 11.4 Å². The average Bonchev–Trinajstić information content (AvgIpc) is 2.16. The second-order valence-electron chi connectivity index (χ2n) is 3.66. The summed E-state index contributed by atoms with van der Waals surface area (Å²) in [6.07, 6.45) is -4.80. The lowest BCUT2D eigenvalue weighted by Crippen LogP contribution is -2.13. The average molecular weight is 245 g/mol. The van der Waals surface area contributed by atoms with E-state index in [1.165, 1.54) is 6.92 Å². The van der Waals surface area contributed by atoms with Gasteiger partial charge >= 0.3 is 6.18 Å². The maximum absolute atomic E-state index is 13.3. The highest BCUT2D eigenvalue weighted by molar-refractivity contribution is 5.86. The Bertz CT molecular complexity index is 642. The van der Waals surface area contributed by atoms with Crippen molar-refractivity contribution in [1.29, 1.82) is 0 Å². The smallest absolute Gasteiger partial charge is 0.322 e. The van der Waals surface area contributed by atoms with E-state index in [2.05, 4.69) is 4.98 Å². The van der Waals surface area contributed by atoms with E-state index in [0.29, 0.717) is 6.07 Å². The van der Waals surface area contributed by atoms with Crippen LogP contribution in [0.3, 0.4) is 0 Å². The van der Waals surface area contributed by atoms with Gasteiger partial charge < -0.3 is 4.98 Å². The largest absolute Gasteiger partial charge is 0.419 e. The molecule has 0 saturated carbocycles. The van der Waals surface area contributed by atoms with Crippen LogP contribution in [0.2, 0.25) is 0 Å². The lowest BCUT2D eigenvalue weighted by atomic mass is 10.0. The van der Waals surface area contributed by atoms with Gasteiger partial charge in [0, 0.05) is 17.0 Å². The van der Waals surface area contributed by atoms with E-state index >= 15 is 0 Å². The number of hydrogen-bond acceptors (Lipinski definition) is 1. The first kappa shape index (κ1) is 11.6. The lowest BCUT2D eigenvalue weighted by molar-refractivity contribution is -0.138. The quantitative estimate of drug-likeness (QED) is 0.711. The summed E-state index contributed by atoms with van der Waals surface area (Å²) in [4.78, 5) is 13.4. The van der Waals surface area contributed by atoms with Crippen LogP contribution in [0.25, 0.3) is 10.9 Å². The van der Waals surface area contributed by atoms with Crippen LogP contribution in [0.15, 0.2) is 23.0 Å². The van der Waals surface area contributed by atoms with Gasteiger partial charge in [0.2, 0.25) is 5.56 Å². The molecule has 0 saturated heterocycles. The zero-order chi connectivity index (χ0) is 12.8. The minimum atomic E-state index is -4.80.